The van der Waals surface area contributed by atoms with Crippen molar-refractivity contribution in [2.24, 2.45) is 0 Å². The van der Waals surface area contributed by atoms with Crippen LogP contribution in [-0.2, 0) is 11.2 Å². The van der Waals surface area contributed by atoms with E-state index < -0.39 is 0 Å². The number of benzene rings is 2. The van der Waals surface area contributed by atoms with Crippen molar-refractivity contribution in [2.45, 2.75) is 26.2 Å². The van der Waals surface area contributed by atoms with Crippen LogP contribution in [0.1, 0.15) is 36.5 Å². The molecule has 7 heteroatoms. The Kier molecular flexibility index (Phi) is 11.3. The first-order valence-electron chi connectivity index (χ1n) is 8.90. The molecule has 4 nitrogen and oxygen atoms in total. The van der Waals surface area contributed by atoms with Crippen LogP contribution >= 0.6 is 31.9 Å². The van der Waals surface area contributed by atoms with Crippen molar-refractivity contribution in [2.75, 3.05) is 26.9 Å². The van der Waals surface area contributed by atoms with Crippen LogP contribution in [0.4, 0.5) is 4.39 Å². The molecular formula is C21H26Br2FNO3. The van der Waals surface area contributed by atoms with E-state index in [4.69, 9.17) is 4.74 Å². The SMILES string of the molecule is CC(C)c1cc(Cc2c(Br)cc(OCC=O)cc2Br)ccc1O.CNCCF. The third kappa shape index (κ3) is 7.89. The predicted molar refractivity (Wildman–Crippen MR) is 118 cm³/mol. The number of phenolic OH excluding ortho intramolecular Hbond substituents is 1. The standard InChI is InChI=1S/C18H18Br2O3.C3H8FN/c1-11(2)14-7-12(3-4-18(14)22)8-15-16(19)9-13(10-17(15)20)23-6-5-21;1-5-3-2-4/h3-5,7,9-11,22H,6,8H2,1-2H3;5H,2-3H2,1H3. The third-order valence-corrected chi connectivity index (χ3v) is 5.29. The van der Waals surface area contributed by atoms with Crippen LogP contribution in [0.15, 0.2) is 39.3 Å². The van der Waals surface area contributed by atoms with Gasteiger partial charge < -0.3 is 15.2 Å². The Morgan fingerprint density at radius 1 is 1.21 bits per heavy atom. The van der Waals surface area contributed by atoms with Gasteiger partial charge in [-0.05, 0) is 54.3 Å². The molecule has 0 spiro atoms. The van der Waals surface area contributed by atoms with E-state index in [9.17, 15) is 14.3 Å². The van der Waals surface area contributed by atoms with Gasteiger partial charge in [0.2, 0.25) is 0 Å². The lowest BCUT2D eigenvalue weighted by atomic mass is 9.96. The summed E-state index contributed by atoms with van der Waals surface area (Å²) in [6.07, 6.45) is 1.44. The Labute approximate surface area is 182 Å². The number of carbonyl (C=O) groups is 1. The van der Waals surface area contributed by atoms with Crippen LogP contribution in [0.3, 0.4) is 0 Å². The number of aromatic hydroxyl groups is 1. The first-order valence-corrected chi connectivity index (χ1v) is 10.5. The maximum Gasteiger partial charge on any atom is 0.157 e. The summed E-state index contributed by atoms with van der Waals surface area (Å²) in [6.45, 7) is 4.36. The van der Waals surface area contributed by atoms with Crippen molar-refractivity contribution in [1.29, 1.82) is 0 Å². The Bertz CT molecular complexity index is 744. The highest BCUT2D eigenvalue weighted by molar-refractivity contribution is 9.11. The molecule has 0 bridgehead atoms. The topological polar surface area (TPSA) is 58.6 Å². The van der Waals surface area contributed by atoms with E-state index in [2.05, 4.69) is 51.0 Å². The number of carbonyl (C=O) groups excluding carboxylic acids is 1. The Hall–Kier alpha value is -1.44. The van der Waals surface area contributed by atoms with E-state index in [1.165, 1.54) is 0 Å². The van der Waals surface area contributed by atoms with E-state index in [1.807, 2.05) is 24.3 Å². The summed E-state index contributed by atoms with van der Waals surface area (Å²) in [7, 11) is 1.72. The highest BCUT2D eigenvalue weighted by atomic mass is 79.9. The molecule has 0 fully saturated rings. The number of halogens is 3. The van der Waals surface area contributed by atoms with Crippen LogP contribution in [0.2, 0.25) is 0 Å². The van der Waals surface area contributed by atoms with Crippen LogP contribution in [0.25, 0.3) is 0 Å². The molecule has 0 aliphatic heterocycles. The molecule has 2 aromatic rings. The molecule has 0 unspecified atom stereocenters. The largest absolute Gasteiger partial charge is 0.508 e. The van der Waals surface area contributed by atoms with E-state index in [0.29, 0.717) is 18.0 Å². The smallest absolute Gasteiger partial charge is 0.157 e. The summed E-state index contributed by atoms with van der Waals surface area (Å²) in [5, 5.41) is 12.6. The number of hydrogen-bond acceptors (Lipinski definition) is 4. The van der Waals surface area contributed by atoms with Crippen molar-refractivity contribution in [3.63, 3.8) is 0 Å². The summed E-state index contributed by atoms with van der Waals surface area (Å²) in [5.74, 6) is 1.23. The lowest BCUT2D eigenvalue weighted by Gasteiger charge is -2.13. The first-order chi connectivity index (χ1) is 13.3. The van der Waals surface area contributed by atoms with Gasteiger partial charge in [-0.15, -0.1) is 0 Å². The quantitative estimate of drug-likeness (QED) is 0.460. The molecule has 0 heterocycles. The highest BCUT2D eigenvalue weighted by Gasteiger charge is 2.12. The number of ether oxygens (including phenoxy) is 1. The summed E-state index contributed by atoms with van der Waals surface area (Å²) in [6, 6.07) is 9.42. The van der Waals surface area contributed by atoms with Crippen molar-refractivity contribution < 1.29 is 19.0 Å². The van der Waals surface area contributed by atoms with Crippen LogP contribution in [-0.4, -0.2) is 38.3 Å². The lowest BCUT2D eigenvalue weighted by Crippen LogP contribution is -2.08. The zero-order valence-electron chi connectivity index (χ0n) is 16.3. The molecule has 2 aromatic carbocycles. The van der Waals surface area contributed by atoms with Crippen LogP contribution < -0.4 is 10.1 Å². The monoisotopic (exact) mass is 517 g/mol. The van der Waals surface area contributed by atoms with E-state index in [0.717, 1.165) is 38.3 Å². The zero-order chi connectivity index (χ0) is 21.1. The fraction of sp³-hybridized carbons (Fsp3) is 0.381. The molecule has 0 aliphatic rings. The van der Waals surface area contributed by atoms with E-state index in [1.54, 1.807) is 13.1 Å². The number of hydrogen-bond donors (Lipinski definition) is 2. The van der Waals surface area contributed by atoms with Gasteiger partial charge in [0.15, 0.2) is 6.29 Å². The normalized spacial score (nSPS) is 10.4. The van der Waals surface area contributed by atoms with Crippen molar-refractivity contribution in [3.05, 3.63) is 56.0 Å². The molecule has 28 heavy (non-hydrogen) atoms. The van der Waals surface area contributed by atoms with Gasteiger partial charge in [0.25, 0.3) is 0 Å². The molecule has 0 radical (unpaired) electrons. The predicted octanol–water partition coefficient (Wildman–Crippen LogP) is 5.38. The van der Waals surface area contributed by atoms with Crippen molar-refractivity contribution in [1.82, 2.24) is 5.32 Å². The molecule has 2 N–H and O–H groups in total. The average Bonchev–Trinajstić information content (AvgIpc) is 2.65. The number of phenols is 1. The molecule has 0 aliphatic carbocycles. The fourth-order valence-electron chi connectivity index (χ4n) is 2.44. The van der Waals surface area contributed by atoms with Gasteiger partial charge in [0.05, 0.1) is 0 Å². The molecule has 154 valence electrons. The Balaban J connectivity index is 0.000000696. The second kappa shape index (κ2) is 12.9. The zero-order valence-corrected chi connectivity index (χ0v) is 19.4. The third-order valence-electron chi connectivity index (χ3n) is 3.87. The maximum absolute atomic E-state index is 10.9. The van der Waals surface area contributed by atoms with Crippen molar-refractivity contribution >= 4 is 38.1 Å². The number of aldehydes is 1. The number of alkyl halides is 1. The fourth-order valence-corrected chi connectivity index (χ4v) is 3.86. The van der Waals surface area contributed by atoms with Gasteiger partial charge in [-0.25, -0.2) is 4.39 Å². The van der Waals surface area contributed by atoms with Crippen molar-refractivity contribution in [3.8, 4) is 11.5 Å². The van der Waals surface area contributed by atoms with Gasteiger partial charge >= 0.3 is 0 Å². The Morgan fingerprint density at radius 2 is 1.86 bits per heavy atom. The molecule has 0 saturated carbocycles. The summed E-state index contributed by atoms with van der Waals surface area (Å²) >= 11 is 7.12. The van der Waals surface area contributed by atoms with Crippen LogP contribution in [0.5, 0.6) is 11.5 Å². The van der Waals surface area contributed by atoms with E-state index in [-0.39, 0.29) is 19.2 Å². The molecule has 0 atom stereocenters. The molecule has 0 aromatic heterocycles. The Morgan fingerprint density at radius 3 is 2.32 bits per heavy atom. The maximum atomic E-state index is 10.9. The molecule has 0 saturated heterocycles. The van der Waals surface area contributed by atoms with Gasteiger partial charge in [-0.3, -0.25) is 4.79 Å². The summed E-state index contributed by atoms with van der Waals surface area (Å²) in [5.41, 5.74) is 3.15. The van der Waals surface area contributed by atoms with Gasteiger partial charge in [-0.2, -0.15) is 0 Å². The van der Waals surface area contributed by atoms with E-state index >= 15 is 0 Å². The minimum Gasteiger partial charge on any atom is -0.508 e. The van der Waals surface area contributed by atoms with Gasteiger partial charge in [-0.1, -0.05) is 57.8 Å². The van der Waals surface area contributed by atoms with Crippen LogP contribution in [0, 0.1) is 0 Å². The molecule has 0 amide bonds. The van der Waals surface area contributed by atoms with Gasteiger partial charge in [0, 0.05) is 15.5 Å². The number of nitrogens with one attached hydrogen (secondary N) is 1. The second-order valence-electron chi connectivity index (χ2n) is 6.36. The second-order valence-corrected chi connectivity index (χ2v) is 8.07. The molecule has 2 rings (SSSR count). The lowest BCUT2D eigenvalue weighted by molar-refractivity contribution is -0.109. The summed E-state index contributed by atoms with van der Waals surface area (Å²) < 4.78 is 18.1. The first kappa shape index (κ1) is 24.6. The minimum atomic E-state index is -0.267. The van der Waals surface area contributed by atoms with Gasteiger partial charge in [0.1, 0.15) is 24.8 Å². The highest BCUT2D eigenvalue weighted by Crippen LogP contribution is 2.34. The minimum absolute atomic E-state index is 0.0357. The average molecular weight is 519 g/mol. The summed E-state index contributed by atoms with van der Waals surface area (Å²) in [4.78, 5) is 10.4. The number of rotatable bonds is 8. The molecular weight excluding hydrogens is 493 g/mol.